The standard InChI is InChI=1S/C23H18FN3O4S/c1-11-9-14-10-13(7-8-17(14)31-11)20(28)18-19(15-5-3-4-6-16(15)24)27(22(30)21(18)29)23-26-25-12(2)32-23/h3-8,10-11,19,28H,9H2,1-2H3. The van der Waals surface area contributed by atoms with Gasteiger partial charge < -0.3 is 9.84 Å². The lowest BCUT2D eigenvalue weighted by molar-refractivity contribution is -0.132. The van der Waals surface area contributed by atoms with Crippen molar-refractivity contribution in [2.24, 2.45) is 0 Å². The molecule has 2 atom stereocenters. The Morgan fingerprint density at radius 2 is 2.00 bits per heavy atom. The predicted molar refractivity (Wildman–Crippen MR) is 116 cm³/mol. The molecule has 162 valence electrons. The SMILES string of the molecule is Cc1nnc(N2C(=O)C(=O)C(=C(O)c3ccc4c(c3)CC(C)O4)C2c2ccccc2F)s1. The number of benzene rings is 2. The van der Waals surface area contributed by atoms with E-state index in [4.69, 9.17) is 4.74 Å². The number of rotatable bonds is 3. The summed E-state index contributed by atoms with van der Waals surface area (Å²) in [5, 5.41) is 19.8. The Kier molecular flexibility index (Phi) is 4.78. The van der Waals surface area contributed by atoms with Crippen LogP contribution in [-0.2, 0) is 16.0 Å². The highest BCUT2D eigenvalue weighted by Gasteiger charge is 2.49. The summed E-state index contributed by atoms with van der Waals surface area (Å²) in [4.78, 5) is 27.2. The molecule has 1 amide bonds. The Hall–Kier alpha value is -3.59. The summed E-state index contributed by atoms with van der Waals surface area (Å²) in [7, 11) is 0. The van der Waals surface area contributed by atoms with Crippen LogP contribution in [0.15, 0.2) is 48.0 Å². The highest BCUT2D eigenvalue weighted by molar-refractivity contribution is 7.15. The first kappa shape index (κ1) is 20.3. The van der Waals surface area contributed by atoms with Crippen molar-refractivity contribution in [3.05, 3.63) is 75.6 Å². The van der Waals surface area contributed by atoms with Crippen molar-refractivity contribution in [1.29, 1.82) is 0 Å². The van der Waals surface area contributed by atoms with Crippen molar-refractivity contribution in [3.8, 4) is 5.75 Å². The van der Waals surface area contributed by atoms with Crippen molar-refractivity contribution < 1.29 is 23.8 Å². The van der Waals surface area contributed by atoms with Gasteiger partial charge in [0.1, 0.15) is 34.5 Å². The van der Waals surface area contributed by atoms with E-state index in [9.17, 15) is 19.1 Å². The minimum absolute atomic E-state index is 0.00651. The van der Waals surface area contributed by atoms with Gasteiger partial charge in [0.2, 0.25) is 5.13 Å². The average molecular weight is 451 g/mol. The molecule has 32 heavy (non-hydrogen) atoms. The Morgan fingerprint density at radius 3 is 2.72 bits per heavy atom. The minimum atomic E-state index is -1.17. The van der Waals surface area contributed by atoms with E-state index >= 15 is 0 Å². The number of hydrogen-bond acceptors (Lipinski definition) is 7. The summed E-state index contributed by atoms with van der Waals surface area (Å²) in [6.07, 6.45) is 0.665. The van der Waals surface area contributed by atoms with Crippen LogP contribution in [0, 0.1) is 12.7 Å². The number of amides is 1. The number of aliphatic hydroxyl groups is 1. The van der Waals surface area contributed by atoms with Gasteiger partial charge in [0.05, 0.1) is 5.57 Å². The van der Waals surface area contributed by atoms with Crippen LogP contribution in [0.4, 0.5) is 9.52 Å². The highest BCUT2D eigenvalue weighted by Crippen LogP contribution is 2.44. The number of aromatic nitrogens is 2. The molecule has 3 heterocycles. The van der Waals surface area contributed by atoms with Crippen molar-refractivity contribution in [2.45, 2.75) is 32.4 Å². The third-order valence-corrected chi connectivity index (χ3v) is 6.37. The second-order valence-corrected chi connectivity index (χ2v) is 8.91. The van der Waals surface area contributed by atoms with Gasteiger partial charge in [-0.3, -0.25) is 14.5 Å². The molecule has 0 radical (unpaired) electrons. The van der Waals surface area contributed by atoms with Crippen LogP contribution in [0.2, 0.25) is 0 Å². The van der Waals surface area contributed by atoms with E-state index in [1.54, 1.807) is 31.2 Å². The van der Waals surface area contributed by atoms with Crippen LogP contribution < -0.4 is 9.64 Å². The van der Waals surface area contributed by atoms with E-state index < -0.39 is 23.5 Å². The van der Waals surface area contributed by atoms with E-state index in [-0.39, 0.29) is 28.1 Å². The third kappa shape index (κ3) is 3.16. The first-order chi connectivity index (χ1) is 15.3. The Balaban J connectivity index is 1.71. The molecular weight excluding hydrogens is 433 g/mol. The highest BCUT2D eigenvalue weighted by atomic mass is 32.1. The molecule has 2 aliphatic heterocycles. The number of fused-ring (bicyclic) bond motifs is 1. The van der Waals surface area contributed by atoms with Crippen molar-refractivity contribution in [1.82, 2.24) is 10.2 Å². The maximum absolute atomic E-state index is 14.8. The number of ether oxygens (including phenoxy) is 1. The second-order valence-electron chi connectivity index (χ2n) is 7.75. The zero-order valence-electron chi connectivity index (χ0n) is 17.2. The number of nitrogens with zero attached hydrogens (tertiary/aromatic N) is 3. The normalized spacial score (nSPS) is 21.7. The number of ketones is 1. The molecule has 1 N–H and O–H groups in total. The quantitative estimate of drug-likeness (QED) is 0.368. The van der Waals surface area contributed by atoms with E-state index in [2.05, 4.69) is 10.2 Å². The van der Waals surface area contributed by atoms with Gasteiger partial charge in [-0.1, -0.05) is 29.5 Å². The smallest absolute Gasteiger partial charge is 0.301 e. The molecule has 2 aliphatic rings. The van der Waals surface area contributed by atoms with E-state index in [1.165, 1.54) is 18.2 Å². The lowest BCUT2D eigenvalue weighted by atomic mass is 9.94. The number of Topliss-reactive ketones (excluding diaryl/α,β-unsaturated/α-hetero) is 1. The molecule has 0 bridgehead atoms. The summed E-state index contributed by atoms with van der Waals surface area (Å²) >= 11 is 1.11. The lowest BCUT2D eigenvalue weighted by Crippen LogP contribution is -2.29. The summed E-state index contributed by atoms with van der Waals surface area (Å²) in [6.45, 7) is 3.65. The molecule has 2 unspecified atom stereocenters. The number of hydrogen-bond donors (Lipinski definition) is 1. The van der Waals surface area contributed by atoms with Gasteiger partial charge in [0, 0.05) is 17.5 Å². The third-order valence-electron chi connectivity index (χ3n) is 5.54. The second kappa shape index (κ2) is 7.52. The predicted octanol–water partition coefficient (Wildman–Crippen LogP) is 3.94. The molecule has 0 spiro atoms. The number of aryl methyl sites for hydroxylation is 1. The van der Waals surface area contributed by atoms with E-state index in [1.807, 2.05) is 6.92 Å². The molecule has 5 rings (SSSR count). The van der Waals surface area contributed by atoms with Gasteiger partial charge >= 0.3 is 5.91 Å². The van der Waals surface area contributed by atoms with Gasteiger partial charge in [0.15, 0.2) is 0 Å². The van der Waals surface area contributed by atoms with Crippen LogP contribution in [0.1, 0.15) is 34.7 Å². The topological polar surface area (TPSA) is 92.6 Å². The maximum Gasteiger partial charge on any atom is 0.301 e. The fourth-order valence-electron chi connectivity index (χ4n) is 4.13. The van der Waals surface area contributed by atoms with Crippen molar-refractivity contribution in [3.63, 3.8) is 0 Å². The molecule has 3 aromatic rings. The van der Waals surface area contributed by atoms with Crippen molar-refractivity contribution >= 4 is 33.9 Å². The molecule has 1 fully saturated rings. The summed E-state index contributed by atoms with van der Waals surface area (Å²) in [5.41, 5.74) is 1.13. The summed E-state index contributed by atoms with van der Waals surface area (Å²) in [6, 6.07) is 9.75. The number of halogens is 1. The lowest BCUT2D eigenvalue weighted by Gasteiger charge is -2.22. The Morgan fingerprint density at radius 1 is 1.22 bits per heavy atom. The first-order valence-electron chi connectivity index (χ1n) is 10.0. The van der Waals surface area contributed by atoms with E-state index in [0.717, 1.165) is 21.8 Å². The summed E-state index contributed by atoms with van der Waals surface area (Å²) in [5.74, 6) is -2.07. The molecule has 2 aromatic carbocycles. The fourth-order valence-corrected chi connectivity index (χ4v) is 4.84. The molecule has 0 saturated carbocycles. The van der Waals surface area contributed by atoms with E-state index in [0.29, 0.717) is 22.7 Å². The van der Waals surface area contributed by atoms with Crippen molar-refractivity contribution in [2.75, 3.05) is 4.90 Å². The summed E-state index contributed by atoms with van der Waals surface area (Å²) < 4.78 is 20.5. The number of carbonyl (C=O) groups is 2. The molecule has 1 saturated heterocycles. The zero-order chi connectivity index (χ0) is 22.6. The Labute approximate surface area is 186 Å². The molecular formula is C23H18FN3O4S. The van der Waals surface area contributed by atoms with Crippen LogP contribution in [0.25, 0.3) is 5.76 Å². The monoisotopic (exact) mass is 451 g/mol. The maximum atomic E-state index is 14.8. The fraction of sp³-hybridized carbons (Fsp3) is 0.217. The largest absolute Gasteiger partial charge is 0.507 e. The Bertz CT molecular complexity index is 1300. The van der Waals surface area contributed by atoms with Crippen LogP contribution in [-0.4, -0.2) is 33.1 Å². The molecule has 9 heteroatoms. The number of carbonyl (C=O) groups excluding carboxylic acids is 2. The van der Waals surface area contributed by atoms with Gasteiger partial charge in [-0.15, -0.1) is 10.2 Å². The zero-order valence-corrected chi connectivity index (χ0v) is 18.0. The van der Waals surface area contributed by atoms with Crippen LogP contribution in [0.3, 0.4) is 0 Å². The number of aliphatic hydroxyl groups excluding tert-OH is 1. The first-order valence-corrected chi connectivity index (χ1v) is 10.8. The van der Waals surface area contributed by atoms with Gasteiger partial charge in [-0.05, 0) is 43.7 Å². The number of anilines is 1. The van der Waals surface area contributed by atoms with Crippen LogP contribution >= 0.6 is 11.3 Å². The van der Waals surface area contributed by atoms with Gasteiger partial charge in [-0.25, -0.2) is 4.39 Å². The van der Waals surface area contributed by atoms with Gasteiger partial charge in [-0.2, -0.15) is 0 Å². The molecule has 1 aromatic heterocycles. The minimum Gasteiger partial charge on any atom is -0.507 e. The van der Waals surface area contributed by atoms with Gasteiger partial charge in [0.25, 0.3) is 5.78 Å². The average Bonchev–Trinajstić information content (AvgIpc) is 3.43. The van der Waals surface area contributed by atoms with Crippen LogP contribution in [0.5, 0.6) is 5.75 Å². The molecule has 7 nitrogen and oxygen atoms in total. The molecule has 0 aliphatic carbocycles.